The van der Waals surface area contributed by atoms with Gasteiger partial charge in [0.1, 0.15) is 0 Å². The number of carbonyl (C=O) groups excluding carboxylic acids is 2. The van der Waals surface area contributed by atoms with Crippen molar-refractivity contribution in [2.45, 2.75) is 45.3 Å². The van der Waals surface area contributed by atoms with Gasteiger partial charge in [0.2, 0.25) is 0 Å². The fourth-order valence-corrected chi connectivity index (χ4v) is 3.50. The third kappa shape index (κ3) is 3.93. The number of hydrogen-bond donors (Lipinski definition) is 1. The van der Waals surface area contributed by atoms with Crippen molar-refractivity contribution in [2.24, 2.45) is 0 Å². The topological polar surface area (TPSA) is 64.6 Å². The molecule has 1 fully saturated rings. The molecule has 7 rings (SSSR count). The van der Waals surface area contributed by atoms with E-state index in [2.05, 4.69) is 47.8 Å². The van der Waals surface area contributed by atoms with Crippen molar-refractivity contribution < 1.29 is 19.1 Å². The van der Waals surface area contributed by atoms with E-state index < -0.39 is 17.7 Å². The monoisotopic (exact) mass is 377 g/mol. The minimum atomic E-state index is -1.24. The molecule has 4 aliphatic carbocycles. The van der Waals surface area contributed by atoms with Crippen LogP contribution in [-0.4, -0.2) is 17.7 Å². The molecule has 0 amide bonds. The van der Waals surface area contributed by atoms with Crippen LogP contribution in [0.25, 0.3) is 0 Å². The summed E-state index contributed by atoms with van der Waals surface area (Å²) in [6, 6.07) is 15.1. The minimum Gasteiger partial charge on any atom is -0.419 e. The number of aryl methyl sites for hydroxylation is 4. The number of anilines is 1. The summed E-state index contributed by atoms with van der Waals surface area (Å²) in [5.74, 6) is -2.60. The standard InChI is InChI=1S/C23H23NO4/c1-23(2)27-21(25)19(22(26)28-23)14-24-20-13-17-8-7-15-3-5-16(6-4-15)9-11-18(20)12-10-17/h3-6,10,12-14,24H,7-9,11H2,1-2H3. The van der Waals surface area contributed by atoms with Crippen molar-refractivity contribution >= 4 is 17.6 Å². The zero-order valence-corrected chi connectivity index (χ0v) is 16.1. The molecular formula is C23H23NO4. The highest BCUT2D eigenvalue weighted by Gasteiger charge is 2.38. The number of carbonyl (C=O) groups is 2. The van der Waals surface area contributed by atoms with Crippen molar-refractivity contribution in [1.29, 1.82) is 0 Å². The lowest BCUT2D eigenvalue weighted by Crippen LogP contribution is -2.42. The Morgan fingerprint density at radius 2 is 1.36 bits per heavy atom. The van der Waals surface area contributed by atoms with Crippen LogP contribution in [0.3, 0.4) is 0 Å². The Labute approximate surface area is 164 Å². The third-order valence-corrected chi connectivity index (χ3v) is 5.07. The van der Waals surface area contributed by atoms with Gasteiger partial charge in [-0.15, -0.1) is 0 Å². The summed E-state index contributed by atoms with van der Waals surface area (Å²) in [6.45, 7) is 3.07. The molecular weight excluding hydrogens is 354 g/mol. The normalized spacial score (nSPS) is 18.0. The van der Waals surface area contributed by atoms with Crippen LogP contribution in [0, 0.1) is 0 Å². The largest absolute Gasteiger partial charge is 0.419 e. The van der Waals surface area contributed by atoms with E-state index in [4.69, 9.17) is 9.47 Å². The molecule has 5 nitrogen and oxygen atoms in total. The van der Waals surface area contributed by atoms with Gasteiger partial charge in [0.25, 0.3) is 5.79 Å². The summed E-state index contributed by atoms with van der Waals surface area (Å²) >= 11 is 0. The van der Waals surface area contributed by atoms with Crippen LogP contribution in [-0.2, 0) is 44.7 Å². The summed E-state index contributed by atoms with van der Waals surface area (Å²) in [7, 11) is 0. The zero-order valence-electron chi connectivity index (χ0n) is 16.1. The average Bonchev–Trinajstić information content (AvgIpc) is 2.63. The molecule has 5 aliphatic rings. The van der Waals surface area contributed by atoms with E-state index >= 15 is 0 Å². The van der Waals surface area contributed by atoms with Gasteiger partial charge in [-0.1, -0.05) is 36.4 Å². The molecule has 0 atom stereocenters. The Hall–Kier alpha value is -3.08. The molecule has 2 aromatic carbocycles. The lowest BCUT2D eigenvalue weighted by Gasteiger charge is -2.29. The highest BCUT2D eigenvalue weighted by atomic mass is 16.7. The Bertz CT molecular complexity index is 935. The van der Waals surface area contributed by atoms with Gasteiger partial charge >= 0.3 is 11.9 Å². The first kappa shape index (κ1) is 18.3. The van der Waals surface area contributed by atoms with Crippen LogP contribution in [0.15, 0.2) is 54.2 Å². The molecule has 1 N–H and O–H groups in total. The lowest BCUT2D eigenvalue weighted by atomic mass is 9.95. The van der Waals surface area contributed by atoms with E-state index in [-0.39, 0.29) is 5.57 Å². The molecule has 0 unspecified atom stereocenters. The van der Waals surface area contributed by atoms with Gasteiger partial charge in [0.05, 0.1) is 0 Å². The van der Waals surface area contributed by atoms with Gasteiger partial charge < -0.3 is 14.8 Å². The summed E-state index contributed by atoms with van der Waals surface area (Å²) in [6.07, 6.45) is 5.05. The second-order valence-electron chi connectivity index (χ2n) is 7.69. The number of ether oxygens (including phenoxy) is 2. The van der Waals surface area contributed by atoms with E-state index in [1.165, 1.54) is 36.7 Å². The first-order valence-electron chi connectivity index (χ1n) is 9.53. The Kier molecular flexibility index (Phi) is 4.67. The first-order valence-corrected chi connectivity index (χ1v) is 9.53. The molecule has 1 saturated heterocycles. The molecule has 0 spiro atoms. The maximum absolute atomic E-state index is 12.1. The Morgan fingerprint density at radius 3 is 2.00 bits per heavy atom. The highest BCUT2D eigenvalue weighted by Crippen LogP contribution is 2.25. The van der Waals surface area contributed by atoms with Gasteiger partial charge in [0, 0.05) is 25.7 Å². The van der Waals surface area contributed by atoms with Crippen LogP contribution in [0.5, 0.6) is 0 Å². The van der Waals surface area contributed by atoms with Gasteiger partial charge in [0.15, 0.2) is 5.57 Å². The minimum absolute atomic E-state index is 0.133. The van der Waals surface area contributed by atoms with Crippen LogP contribution in [0.1, 0.15) is 36.1 Å². The van der Waals surface area contributed by atoms with E-state index in [0.29, 0.717) is 0 Å². The maximum atomic E-state index is 12.1. The first-order chi connectivity index (χ1) is 13.4. The van der Waals surface area contributed by atoms with E-state index in [1.807, 2.05) is 0 Å². The number of benzene rings is 2. The molecule has 28 heavy (non-hydrogen) atoms. The molecule has 2 aromatic rings. The SMILES string of the molecule is CC1(C)OC(=O)C(=CNc2cc3ccc2CCc2ccc(cc2)CC3)C(=O)O1. The van der Waals surface area contributed by atoms with Gasteiger partial charge in [-0.3, -0.25) is 0 Å². The predicted molar refractivity (Wildman–Crippen MR) is 106 cm³/mol. The lowest BCUT2D eigenvalue weighted by molar-refractivity contribution is -0.222. The maximum Gasteiger partial charge on any atom is 0.350 e. The summed E-state index contributed by atoms with van der Waals surface area (Å²) in [4.78, 5) is 24.3. The molecule has 0 radical (unpaired) electrons. The van der Waals surface area contributed by atoms with Crippen LogP contribution < -0.4 is 5.32 Å². The zero-order chi connectivity index (χ0) is 19.7. The van der Waals surface area contributed by atoms with E-state index in [0.717, 1.165) is 36.9 Å². The fraction of sp³-hybridized carbons (Fsp3) is 0.304. The van der Waals surface area contributed by atoms with Gasteiger partial charge in [-0.05, 0) is 54.0 Å². The number of rotatable bonds is 2. The molecule has 4 bridgehead atoms. The highest BCUT2D eigenvalue weighted by molar-refractivity contribution is 6.15. The molecule has 1 aliphatic heterocycles. The number of esters is 2. The quantitative estimate of drug-likeness (QED) is 0.491. The van der Waals surface area contributed by atoms with Crippen LogP contribution in [0.4, 0.5) is 5.69 Å². The summed E-state index contributed by atoms with van der Waals surface area (Å²) < 4.78 is 10.3. The predicted octanol–water partition coefficient (Wildman–Crippen LogP) is 3.70. The summed E-state index contributed by atoms with van der Waals surface area (Å²) in [5.41, 5.74) is 5.70. The van der Waals surface area contributed by atoms with Gasteiger partial charge in [-0.2, -0.15) is 0 Å². The fourth-order valence-electron chi connectivity index (χ4n) is 3.50. The second kappa shape index (κ2) is 7.15. The van der Waals surface area contributed by atoms with Crippen molar-refractivity contribution in [1.82, 2.24) is 0 Å². The molecule has 5 heteroatoms. The average molecular weight is 377 g/mol. The van der Waals surface area contributed by atoms with E-state index in [1.54, 1.807) is 0 Å². The van der Waals surface area contributed by atoms with Gasteiger partial charge in [-0.25, -0.2) is 9.59 Å². The molecule has 144 valence electrons. The van der Waals surface area contributed by atoms with Crippen LogP contribution >= 0.6 is 0 Å². The summed E-state index contributed by atoms with van der Waals surface area (Å²) in [5, 5.41) is 3.14. The Balaban J connectivity index is 1.60. The van der Waals surface area contributed by atoms with E-state index in [9.17, 15) is 9.59 Å². The number of hydrogen-bond acceptors (Lipinski definition) is 5. The molecule has 0 saturated carbocycles. The smallest absolute Gasteiger partial charge is 0.350 e. The number of nitrogens with one attached hydrogen (secondary N) is 1. The molecule has 1 heterocycles. The van der Waals surface area contributed by atoms with Crippen molar-refractivity contribution in [3.8, 4) is 0 Å². The van der Waals surface area contributed by atoms with Crippen molar-refractivity contribution in [3.63, 3.8) is 0 Å². The number of cyclic esters (lactones) is 2. The van der Waals surface area contributed by atoms with Crippen molar-refractivity contribution in [2.75, 3.05) is 5.32 Å². The van der Waals surface area contributed by atoms with Crippen LogP contribution in [0.2, 0.25) is 0 Å². The molecule has 0 aromatic heterocycles. The Morgan fingerprint density at radius 1 is 0.821 bits per heavy atom. The van der Waals surface area contributed by atoms with Crippen molar-refractivity contribution in [3.05, 3.63) is 76.5 Å². The second-order valence-corrected chi connectivity index (χ2v) is 7.69. The third-order valence-electron chi connectivity index (χ3n) is 5.07.